The fourth-order valence-corrected chi connectivity index (χ4v) is 1.73. The maximum absolute atomic E-state index is 13.0. The summed E-state index contributed by atoms with van der Waals surface area (Å²) in [7, 11) is 0. The minimum Gasteiger partial charge on any atom is -0.398 e. The summed E-state index contributed by atoms with van der Waals surface area (Å²) in [6.45, 7) is 3.51. The zero-order chi connectivity index (χ0) is 14.0. The van der Waals surface area contributed by atoms with Gasteiger partial charge in [-0.2, -0.15) is 0 Å². The molecule has 1 aromatic carbocycles. The highest BCUT2D eigenvalue weighted by Crippen LogP contribution is 2.18. The zero-order valence-electron chi connectivity index (χ0n) is 10.7. The van der Waals surface area contributed by atoms with E-state index in [0.29, 0.717) is 22.5 Å². The fraction of sp³-hybridized carbons (Fsp3) is 0.143. The lowest BCUT2D eigenvalue weighted by molar-refractivity contribution is 0.102. The van der Waals surface area contributed by atoms with Crippen LogP contribution in [0.25, 0.3) is 0 Å². The van der Waals surface area contributed by atoms with E-state index in [1.54, 1.807) is 19.9 Å². The third-order valence-corrected chi connectivity index (χ3v) is 2.75. The van der Waals surface area contributed by atoms with Crippen LogP contribution < -0.4 is 11.1 Å². The number of hydrogen-bond donors (Lipinski definition) is 2. The van der Waals surface area contributed by atoms with Crippen LogP contribution in [0.5, 0.6) is 0 Å². The van der Waals surface area contributed by atoms with E-state index in [-0.39, 0.29) is 11.7 Å². The molecule has 2 rings (SSSR count). The van der Waals surface area contributed by atoms with Crippen molar-refractivity contribution in [2.75, 3.05) is 11.1 Å². The number of nitrogens with zero attached hydrogens (tertiary/aromatic N) is 1. The van der Waals surface area contributed by atoms with E-state index in [0.717, 1.165) is 5.69 Å². The van der Waals surface area contributed by atoms with Crippen molar-refractivity contribution >= 4 is 17.3 Å². The number of pyridine rings is 1. The Labute approximate surface area is 110 Å². The van der Waals surface area contributed by atoms with E-state index in [4.69, 9.17) is 5.73 Å². The number of nitrogens with one attached hydrogen (secondary N) is 1. The second kappa shape index (κ2) is 5.06. The summed E-state index contributed by atoms with van der Waals surface area (Å²) in [4.78, 5) is 16.1. The fourth-order valence-electron chi connectivity index (χ4n) is 1.73. The molecule has 0 spiro atoms. The Morgan fingerprint density at radius 2 is 2.05 bits per heavy atom. The van der Waals surface area contributed by atoms with Gasteiger partial charge in [-0.25, -0.2) is 4.39 Å². The van der Waals surface area contributed by atoms with Crippen molar-refractivity contribution in [3.63, 3.8) is 0 Å². The Balaban J connectivity index is 2.25. The Morgan fingerprint density at radius 1 is 1.32 bits per heavy atom. The Kier molecular flexibility index (Phi) is 3.46. The maximum atomic E-state index is 13.0. The van der Waals surface area contributed by atoms with Crippen LogP contribution in [0.3, 0.4) is 0 Å². The summed E-state index contributed by atoms with van der Waals surface area (Å²) >= 11 is 0. The molecule has 3 N–H and O–H groups in total. The lowest BCUT2D eigenvalue weighted by Gasteiger charge is -2.10. The van der Waals surface area contributed by atoms with Gasteiger partial charge in [0.2, 0.25) is 0 Å². The first kappa shape index (κ1) is 13.0. The average molecular weight is 259 g/mol. The minimum absolute atomic E-state index is 0.300. The van der Waals surface area contributed by atoms with Crippen LogP contribution in [0.2, 0.25) is 0 Å². The topological polar surface area (TPSA) is 68.0 Å². The number of aryl methyl sites for hydroxylation is 2. The van der Waals surface area contributed by atoms with Crippen LogP contribution in [0, 0.1) is 19.7 Å². The molecular formula is C14H14FN3O. The number of carbonyl (C=O) groups excluding carboxylic acids is 1. The molecule has 0 aliphatic heterocycles. The first-order valence-corrected chi connectivity index (χ1v) is 5.77. The van der Waals surface area contributed by atoms with E-state index in [2.05, 4.69) is 10.3 Å². The van der Waals surface area contributed by atoms with Crippen LogP contribution in [-0.2, 0) is 0 Å². The zero-order valence-corrected chi connectivity index (χ0v) is 10.7. The molecule has 19 heavy (non-hydrogen) atoms. The largest absolute Gasteiger partial charge is 0.398 e. The summed E-state index contributed by atoms with van der Waals surface area (Å²) in [6, 6.07) is 5.79. The van der Waals surface area contributed by atoms with Gasteiger partial charge in [-0.3, -0.25) is 9.78 Å². The van der Waals surface area contributed by atoms with Gasteiger partial charge in [0, 0.05) is 23.3 Å². The number of anilines is 2. The third-order valence-electron chi connectivity index (χ3n) is 2.75. The first-order valence-electron chi connectivity index (χ1n) is 5.77. The summed E-state index contributed by atoms with van der Waals surface area (Å²) in [5.41, 5.74) is 8.38. The number of hydrogen-bond acceptors (Lipinski definition) is 3. The molecule has 0 fully saturated rings. The molecule has 5 heteroatoms. The summed E-state index contributed by atoms with van der Waals surface area (Å²) in [6.07, 6.45) is 1.43. The first-order chi connectivity index (χ1) is 8.97. The van der Waals surface area contributed by atoms with Crippen LogP contribution in [0.1, 0.15) is 21.6 Å². The average Bonchev–Trinajstić information content (AvgIpc) is 2.32. The second-order valence-corrected chi connectivity index (χ2v) is 4.33. The van der Waals surface area contributed by atoms with Gasteiger partial charge < -0.3 is 11.1 Å². The summed E-state index contributed by atoms with van der Waals surface area (Å²) < 4.78 is 13.0. The maximum Gasteiger partial charge on any atom is 0.259 e. The molecule has 0 radical (unpaired) electrons. The van der Waals surface area contributed by atoms with Crippen LogP contribution in [0.4, 0.5) is 15.8 Å². The molecule has 98 valence electrons. The molecule has 0 saturated heterocycles. The smallest absolute Gasteiger partial charge is 0.259 e. The quantitative estimate of drug-likeness (QED) is 0.871. The van der Waals surface area contributed by atoms with E-state index < -0.39 is 0 Å². The molecule has 1 heterocycles. The van der Waals surface area contributed by atoms with Gasteiger partial charge in [-0.15, -0.1) is 0 Å². The van der Waals surface area contributed by atoms with Gasteiger partial charge in [0.25, 0.3) is 5.91 Å². The van der Waals surface area contributed by atoms with Gasteiger partial charge >= 0.3 is 0 Å². The van der Waals surface area contributed by atoms with Crippen molar-refractivity contribution in [1.29, 1.82) is 0 Å². The van der Waals surface area contributed by atoms with Crippen molar-refractivity contribution in [1.82, 2.24) is 4.98 Å². The summed E-state index contributed by atoms with van der Waals surface area (Å²) in [5, 5.41) is 2.69. The predicted molar refractivity (Wildman–Crippen MR) is 72.5 cm³/mol. The number of benzene rings is 1. The molecule has 0 unspecified atom stereocenters. The van der Waals surface area contributed by atoms with Gasteiger partial charge in [0.15, 0.2) is 0 Å². The van der Waals surface area contributed by atoms with E-state index in [9.17, 15) is 9.18 Å². The van der Waals surface area contributed by atoms with Crippen molar-refractivity contribution in [3.8, 4) is 0 Å². The Hall–Kier alpha value is -2.43. The highest BCUT2D eigenvalue weighted by molar-refractivity contribution is 6.07. The number of nitrogen functional groups attached to an aromatic ring is 1. The van der Waals surface area contributed by atoms with Crippen molar-refractivity contribution in [3.05, 3.63) is 53.1 Å². The number of nitrogens with two attached hydrogens (primary N) is 1. The van der Waals surface area contributed by atoms with Gasteiger partial charge in [-0.1, -0.05) is 0 Å². The lowest BCUT2D eigenvalue weighted by atomic mass is 10.1. The van der Waals surface area contributed by atoms with Gasteiger partial charge in [-0.05, 0) is 43.7 Å². The van der Waals surface area contributed by atoms with Gasteiger partial charge in [0.1, 0.15) is 5.82 Å². The predicted octanol–water partition coefficient (Wildman–Crippen LogP) is 2.67. The number of rotatable bonds is 2. The molecule has 4 nitrogen and oxygen atoms in total. The molecule has 0 saturated carbocycles. The third kappa shape index (κ3) is 2.88. The van der Waals surface area contributed by atoms with Crippen LogP contribution in [-0.4, -0.2) is 10.9 Å². The van der Waals surface area contributed by atoms with Crippen LogP contribution >= 0.6 is 0 Å². The Morgan fingerprint density at radius 3 is 2.68 bits per heavy atom. The normalized spacial score (nSPS) is 10.3. The molecule has 1 aromatic heterocycles. The van der Waals surface area contributed by atoms with E-state index in [1.165, 1.54) is 24.4 Å². The molecule has 0 bridgehead atoms. The highest BCUT2D eigenvalue weighted by Gasteiger charge is 2.12. The highest BCUT2D eigenvalue weighted by atomic mass is 19.1. The monoisotopic (exact) mass is 259 g/mol. The molecule has 1 amide bonds. The number of amides is 1. The second-order valence-electron chi connectivity index (χ2n) is 4.33. The SMILES string of the molecule is Cc1cc(N)c(C(=O)Nc2ccc(F)cc2C)cn1. The number of carbonyl (C=O) groups is 1. The molecule has 0 aliphatic carbocycles. The molecule has 0 aliphatic rings. The molecule has 2 aromatic rings. The molecular weight excluding hydrogens is 245 g/mol. The lowest BCUT2D eigenvalue weighted by Crippen LogP contribution is -2.15. The minimum atomic E-state index is -0.361. The number of halogens is 1. The van der Waals surface area contributed by atoms with Gasteiger partial charge in [0.05, 0.1) is 5.56 Å². The van der Waals surface area contributed by atoms with Crippen molar-refractivity contribution in [2.45, 2.75) is 13.8 Å². The number of aromatic nitrogens is 1. The van der Waals surface area contributed by atoms with Crippen molar-refractivity contribution in [2.24, 2.45) is 0 Å². The summed E-state index contributed by atoms with van der Waals surface area (Å²) in [5.74, 6) is -0.702. The van der Waals surface area contributed by atoms with E-state index >= 15 is 0 Å². The Bertz CT molecular complexity index is 641. The van der Waals surface area contributed by atoms with E-state index in [1.807, 2.05) is 0 Å². The van der Waals surface area contributed by atoms with Crippen molar-refractivity contribution < 1.29 is 9.18 Å². The standard InChI is InChI=1S/C14H14FN3O/c1-8-5-10(15)3-4-13(8)18-14(19)11-7-17-9(2)6-12(11)16/h3-7H,1-2H3,(H2,16,17)(H,18,19). The van der Waals surface area contributed by atoms with Crippen LogP contribution in [0.15, 0.2) is 30.5 Å². The molecule has 0 atom stereocenters.